The Morgan fingerprint density at radius 1 is 0.935 bits per heavy atom. The molecule has 2 aliphatic carbocycles. The SMILES string of the molecule is CC(=O)N1CCC(CN2C(N)=NC(CC3CCCCC3)(CC3CCCCC3)C2O)CC1. The molecule has 6 heteroatoms. The molecule has 1 atom stereocenters. The predicted octanol–water partition coefficient (Wildman–Crippen LogP) is 3.87. The highest BCUT2D eigenvalue weighted by molar-refractivity contribution is 5.81. The van der Waals surface area contributed by atoms with Gasteiger partial charge in [-0.2, -0.15) is 0 Å². The van der Waals surface area contributed by atoms with Crippen molar-refractivity contribution in [1.29, 1.82) is 0 Å². The number of carbonyl (C=O) groups excluding carboxylic acids is 1. The van der Waals surface area contributed by atoms with Crippen molar-refractivity contribution in [2.45, 2.75) is 109 Å². The number of aliphatic imine (C=N–C) groups is 1. The van der Waals surface area contributed by atoms with Crippen LogP contribution in [0.4, 0.5) is 0 Å². The van der Waals surface area contributed by atoms with Gasteiger partial charge >= 0.3 is 0 Å². The van der Waals surface area contributed by atoms with Crippen LogP contribution >= 0.6 is 0 Å². The minimum Gasteiger partial charge on any atom is -0.371 e. The lowest BCUT2D eigenvalue weighted by atomic mass is 9.72. The first-order valence-electron chi connectivity index (χ1n) is 13.0. The number of hydrogen-bond acceptors (Lipinski definition) is 5. The second-order valence-electron chi connectivity index (χ2n) is 11.0. The summed E-state index contributed by atoms with van der Waals surface area (Å²) in [6.07, 6.45) is 16.4. The van der Waals surface area contributed by atoms with E-state index in [0.29, 0.717) is 23.7 Å². The third-order valence-electron chi connectivity index (χ3n) is 8.66. The highest BCUT2D eigenvalue weighted by Crippen LogP contribution is 2.44. The summed E-state index contributed by atoms with van der Waals surface area (Å²) in [5, 5.41) is 11.7. The van der Waals surface area contributed by atoms with Gasteiger partial charge in [-0.3, -0.25) is 4.79 Å². The van der Waals surface area contributed by atoms with Gasteiger partial charge in [0.2, 0.25) is 5.91 Å². The molecular formula is C25H44N4O2. The van der Waals surface area contributed by atoms with Crippen molar-refractivity contribution in [2.24, 2.45) is 28.5 Å². The van der Waals surface area contributed by atoms with Crippen LogP contribution < -0.4 is 5.73 Å². The van der Waals surface area contributed by atoms with Crippen LogP contribution in [0.1, 0.15) is 96.8 Å². The van der Waals surface area contributed by atoms with Crippen LogP contribution in [0.5, 0.6) is 0 Å². The van der Waals surface area contributed by atoms with Gasteiger partial charge in [-0.25, -0.2) is 4.99 Å². The van der Waals surface area contributed by atoms with E-state index in [-0.39, 0.29) is 5.91 Å². The molecule has 4 rings (SSSR count). The minimum atomic E-state index is -0.595. The second-order valence-corrected chi connectivity index (χ2v) is 11.0. The Balaban J connectivity index is 1.45. The van der Waals surface area contributed by atoms with E-state index >= 15 is 0 Å². The van der Waals surface area contributed by atoms with Crippen molar-refractivity contribution in [3.05, 3.63) is 0 Å². The summed E-state index contributed by atoms with van der Waals surface area (Å²) in [4.78, 5) is 20.7. The van der Waals surface area contributed by atoms with Crippen LogP contribution in [0.25, 0.3) is 0 Å². The van der Waals surface area contributed by atoms with Gasteiger partial charge in [0, 0.05) is 26.6 Å². The number of carbonyl (C=O) groups is 1. The zero-order valence-electron chi connectivity index (χ0n) is 19.6. The van der Waals surface area contributed by atoms with E-state index in [0.717, 1.165) is 45.3 Å². The Labute approximate surface area is 188 Å². The number of likely N-dealkylation sites (tertiary alicyclic amines) is 1. The molecule has 0 bridgehead atoms. The topological polar surface area (TPSA) is 82.2 Å². The van der Waals surface area contributed by atoms with E-state index in [9.17, 15) is 9.90 Å². The monoisotopic (exact) mass is 432 g/mol. The molecular weight excluding hydrogens is 388 g/mol. The minimum absolute atomic E-state index is 0.166. The fourth-order valence-electron chi connectivity index (χ4n) is 6.84. The molecule has 0 aromatic carbocycles. The predicted molar refractivity (Wildman–Crippen MR) is 124 cm³/mol. The summed E-state index contributed by atoms with van der Waals surface area (Å²) < 4.78 is 0. The number of nitrogens with two attached hydrogens (primary N) is 1. The zero-order valence-corrected chi connectivity index (χ0v) is 19.6. The number of aliphatic hydroxyl groups excluding tert-OH is 1. The molecule has 1 saturated heterocycles. The van der Waals surface area contributed by atoms with E-state index < -0.39 is 11.8 Å². The molecule has 31 heavy (non-hydrogen) atoms. The lowest BCUT2D eigenvalue weighted by Crippen LogP contribution is -2.52. The maximum absolute atomic E-state index is 11.7. The average molecular weight is 433 g/mol. The van der Waals surface area contributed by atoms with E-state index in [2.05, 4.69) is 0 Å². The molecule has 1 amide bonds. The van der Waals surface area contributed by atoms with E-state index in [1.165, 1.54) is 64.2 Å². The van der Waals surface area contributed by atoms with Gasteiger partial charge in [-0.05, 0) is 43.4 Å². The molecule has 1 unspecified atom stereocenters. The molecule has 0 radical (unpaired) electrons. The number of guanidine groups is 1. The van der Waals surface area contributed by atoms with Gasteiger partial charge in [-0.1, -0.05) is 64.2 Å². The molecule has 176 valence electrons. The first-order valence-corrected chi connectivity index (χ1v) is 13.0. The number of hydrogen-bond donors (Lipinski definition) is 2. The van der Waals surface area contributed by atoms with Crippen LogP contribution in [0.2, 0.25) is 0 Å². The van der Waals surface area contributed by atoms with Crippen LogP contribution in [0.3, 0.4) is 0 Å². The number of piperidine rings is 1. The van der Waals surface area contributed by atoms with Crippen molar-refractivity contribution in [3.63, 3.8) is 0 Å². The zero-order chi connectivity index (χ0) is 21.8. The van der Waals surface area contributed by atoms with Crippen LogP contribution in [-0.4, -0.2) is 58.2 Å². The van der Waals surface area contributed by atoms with Gasteiger partial charge in [0.05, 0.1) is 0 Å². The Kier molecular flexibility index (Phi) is 7.45. The lowest BCUT2D eigenvalue weighted by molar-refractivity contribution is -0.130. The molecule has 3 N–H and O–H groups in total. The molecule has 0 aromatic rings. The van der Waals surface area contributed by atoms with Gasteiger partial charge < -0.3 is 20.6 Å². The number of amides is 1. The third kappa shape index (κ3) is 5.37. The summed E-state index contributed by atoms with van der Waals surface area (Å²) in [6.45, 7) is 4.05. The Morgan fingerprint density at radius 2 is 1.45 bits per heavy atom. The standard InChI is InChI=1S/C25H44N4O2/c1-19(30)28-14-12-22(13-15-28)18-29-23(31)25(27-24(29)26,16-20-8-4-2-5-9-20)17-21-10-6-3-7-11-21/h20-23,31H,2-18H2,1H3,(H2,26,27). The van der Waals surface area contributed by atoms with Crippen molar-refractivity contribution >= 4 is 11.9 Å². The quantitative estimate of drug-likeness (QED) is 0.667. The molecule has 0 aromatic heterocycles. The summed E-state index contributed by atoms with van der Waals surface area (Å²) in [6, 6.07) is 0. The molecule has 2 heterocycles. The third-order valence-corrected chi connectivity index (χ3v) is 8.66. The highest BCUT2D eigenvalue weighted by Gasteiger charge is 2.50. The molecule has 0 spiro atoms. The Morgan fingerprint density at radius 3 is 1.94 bits per heavy atom. The summed E-state index contributed by atoms with van der Waals surface area (Å²) in [7, 11) is 0. The molecule has 2 aliphatic heterocycles. The average Bonchev–Trinajstić information content (AvgIpc) is 2.99. The first kappa shape index (κ1) is 22.9. The number of rotatable bonds is 6. The van der Waals surface area contributed by atoms with Crippen LogP contribution in [0, 0.1) is 17.8 Å². The smallest absolute Gasteiger partial charge is 0.219 e. The molecule has 6 nitrogen and oxygen atoms in total. The highest BCUT2D eigenvalue weighted by atomic mass is 16.3. The lowest BCUT2D eigenvalue weighted by Gasteiger charge is -2.41. The van der Waals surface area contributed by atoms with Gasteiger partial charge in [-0.15, -0.1) is 0 Å². The van der Waals surface area contributed by atoms with Crippen molar-refractivity contribution in [3.8, 4) is 0 Å². The second kappa shape index (κ2) is 10.1. The fourth-order valence-corrected chi connectivity index (χ4v) is 6.84. The summed E-state index contributed by atoms with van der Waals surface area (Å²) >= 11 is 0. The van der Waals surface area contributed by atoms with E-state index in [1.807, 2.05) is 9.80 Å². The van der Waals surface area contributed by atoms with Crippen molar-refractivity contribution in [1.82, 2.24) is 9.80 Å². The van der Waals surface area contributed by atoms with E-state index in [1.54, 1.807) is 6.92 Å². The Bertz CT molecular complexity index is 611. The fraction of sp³-hybridized carbons (Fsp3) is 0.920. The molecule has 3 fully saturated rings. The number of nitrogens with zero attached hydrogens (tertiary/aromatic N) is 3. The Hall–Kier alpha value is -1.30. The van der Waals surface area contributed by atoms with Gasteiger partial charge in [0.1, 0.15) is 5.54 Å². The first-order chi connectivity index (χ1) is 15.0. The van der Waals surface area contributed by atoms with Gasteiger partial charge in [0.25, 0.3) is 0 Å². The summed E-state index contributed by atoms with van der Waals surface area (Å²) in [5.41, 5.74) is 6.08. The number of aliphatic hydroxyl groups is 1. The molecule has 2 saturated carbocycles. The van der Waals surface area contributed by atoms with Crippen LogP contribution in [0.15, 0.2) is 4.99 Å². The van der Waals surface area contributed by atoms with Crippen molar-refractivity contribution < 1.29 is 9.90 Å². The van der Waals surface area contributed by atoms with E-state index in [4.69, 9.17) is 10.7 Å². The molecule has 4 aliphatic rings. The summed E-state index contributed by atoms with van der Waals surface area (Å²) in [5.74, 6) is 2.51. The largest absolute Gasteiger partial charge is 0.371 e. The maximum atomic E-state index is 11.7. The van der Waals surface area contributed by atoms with Crippen LogP contribution in [-0.2, 0) is 4.79 Å². The van der Waals surface area contributed by atoms with Crippen molar-refractivity contribution in [2.75, 3.05) is 19.6 Å². The van der Waals surface area contributed by atoms with Gasteiger partial charge in [0.15, 0.2) is 12.2 Å². The normalized spacial score (nSPS) is 28.7. The maximum Gasteiger partial charge on any atom is 0.219 e.